The minimum atomic E-state index is 0.0396. The van der Waals surface area contributed by atoms with Crippen molar-refractivity contribution in [1.29, 1.82) is 0 Å². The van der Waals surface area contributed by atoms with Crippen molar-refractivity contribution in [2.24, 2.45) is 5.92 Å². The molecule has 1 saturated heterocycles. The summed E-state index contributed by atoms with van der Waals surface area (Å²) in [4.78, 5) is 14.0. The Morgan fingerprint density at radius 3 is 2.88 bits per heavy atom. The zero-order valence-corrected chi connectivity index (χ0v) is 9.73. The number of likely N-dealkylation sites (tertiary alicyclic amines) is 1. The average Bonchev–Trinajstić information content (AvgIpc) is 2.68. The van der Waals surface area contributed by atoms with Gasteiger partial charge in [0.05, 0.1) is 0 Å². The Kier molecular flexibility index (Phi) is 2.86. The molecule has 0 bridgehead atoms. The Morgan fingerprint density at radius 2 is 2.25 bits per heavy atom. The van der Waals surface area contributed by atoms with Crippen molar-refractivity contribution >= 4 is 5.91 Å². The van der Waals surface area contributed by atoms with E-state index in [2.05, 4.69) is 6.92 Å². The van der Waals surface area contributed by atoms with Crippen LogP contribution in [-0.2, 0) is 0 Å². The van der Waals surface area contributed by atoms with Crippen molar-refractivity contribution < 1.29 is 9.90 Å². The first-order valence-corrected chi connectivity index (χ1v) is 5.67. The van der Waals surface area contributed by atoms with Gasteiger partial charge in [-0.25, -0.2) is 0 Å². The number of nitrogens with zero attached hydrogens (tertiary/aromatic N) is 1. The molecule has 0 radical (unpaired) electrons. The van der Waals surface area contributed by atoms with Gasteiger partial charge in [0.2, 0.25) is 0 Å². The van der Waals surface area contributed by atoms with Crippen molar-refractivity contribution in [3.8, 4) is 5.75 Å². The van der Waals surface area contributed by atoms with E-state index in [-0.39, 0.29) is 11.7 Å². The molecule has 1 heterocycles. The number of amides is 1. The lowest BCUT2D eigenvalue weighted by Gasteiger charge is -2.17. The van der Waals surface area contributed by atoms with Crippen molar-refractivity contribution in [2.45, 2.75) is 20.3 Å². The number of carbonyl (C=O) groups is 1. The molecule has 0 aliphatic carbocycles. The zero-order chi connectivity index (χ0) is 11.7. The zero-order valence-electron chi connectivity index (χ0n) is 9.73. The fraction of sp³-hybridized carbons (Fsp3) is 0.462. The fourth-order valence-corrected chi connectivity index (χ4v) is 2.14. The third-order valence-corrected chi connectivity index (χ3v) is 3.25. The van der Waals surface area contributed by atoms with Crippen LogP contribution in [0.3, 0.4) is 0 Å². The molecule has 1 aliphatic rings. The first kappa shape index (κ1) is 11.0. The van der Waals surface area contributed by atoms with Crippen molar-refractivity contribution in [1.82, 2.24) is 4.90 Å². The van der Waals surface area contributed by atoms with Crippen LogP contribution in [0.1, 0.15) is 29.3 Å². The van der Waals surface area contributed by atoms with Gasteiger partial charge >= 0.3 is 0 Å². The summed E-state index contributed by atoms with van der Waals surface area (Å²) < 4.78 is 0. The van der Waals surface area contributed by atoms with E-state index in [1.165, 1.54) is 0 Å². The highest BCUT2D eigenvalue weighted by molar-refractivity contribution is 5.96. The van der Waals surface area contributed by atoms with Crippen LogP contribution in [0.2, 0.25) is 0 Å². The number of benzene rings is 1. The first-order chi connectivity index (χ1) is 7.59. The first-order valence-electron chi connectivity index (χ1n) is 5.67. The third-order valence-electron chi connectivity index (χ3n) is 3.25. The van der Waals surface area contributed by atoms with E-state index in [0.717, 1.165) is 19.5 Å². The van der Waals surface area contributed by atoms with Crippen LogP contribution < -0.4 is 0 Å². The van der Waals surface area contributed by atoms with Gasteiger partial charge in [0.15, 0.2) is 0 Å². The molecular weight excluding hydrogens is 202 g/mol. The third kappa shape index (κ3) is 1.90. The van der Waals surface area contributed by atoms with Gasteiger partial charge in [-0.2, -0.15) is 0 Å². The lowest BCUT2D eigenvalue weighted by atomic mass is 10.1. The lowest BCUT2D eigenvalue weighted by molar-refractivity contribution is 0.0787. The number of hydrogen-bond acceptors (Lipinski definition) is 2. The Bertz CT molecular complexity index is 414. The highest BCUT2D eigenvalue weighted by Gasteiger charge is 2.25. The Morgan fingerprint density at radius 1 is 1.50 bits per heavy atom. The number of carbonyl (C=O) groups excluding carboxylic acids is 1. The summed E-state index contributed by atoms with van der Waals surface area (Å²) in [5.74, 6) is 0.817. The van der Waals surface area contributed by atoms with E-state index in [1.54, 1.807) is 25.1 Å². The summed E-state index contributed by atoms with van der Waals surface area (Å²) in [5.41, 5.74) is 1.29. The lowest BCUT2D eigenvalue weighted by Crippen LogP contribution is -2.28. The van der Waals surface area contributed by atoms with Crippen LogP contribution in [0.25, 0.3) is 0 Å². The number of rotatable bonds is 1. The molecule has 0 aromatic heterocycles. The normalized spacial score (nSPS) is 20.1. The number of aromatic hydroxyl groups is 1. The van der Waals surface area contributed by atoms with Gasteiger partial charge in [-0.3, -0.25) is 4.79 Å². The van der Waals surface area contributed by atoms with Gasteiger partial charge in [0.25, 0.3) is 5.91 Å². The summed E-state index contributed by atoms with van der Waals surface area (Å²) in [6, 6.07) is 5.11. The molecule has 1 atom stereocenters. The van der Waals surface area contributed by atoms with Gasteiger partial charge in [-0.05, 0) is 31.4 Å². The second-order valence-electron chi connectivity index (χ2n) is 4.59. The van der Waals surface area contributed by atoms with Crippen molar-refractivity contribution in [2.75, 3.05) is 13.1 Å². The van der Waals surface area contributed by atoms with Crippen LogP contribution in [0.5, 0.6) is 5.75 Å². The van der Waals surface area contributed by atoms with Crippen LogP contribution in [0, 0.1) is 12.8 Å². The van der Waals surface area contributed by atoms with E-state index >= 15 is 0 Å². The maximum Gasteiger partial charge on any atom is 0.254 e. The smallest absolute Gasteiger partial charge is 0.254 e. The molecule has 0 spiro atoms. The van der Waals surface area contributed by atoms with Gasteiger partial charge < -0.3 is 10.0 Å². The van der Waals surface area contributed by atoms with Crippen LogP contribution in [0.4, 0.5) is 0 Å². The van der Waals surface area contributed by atoms with E-state index in [1.807, 2.05) is 4.90 Å². The molecule has 16 heavy (non-hydrogen) atoms. The summed E-state index contributed by atoms with van der Waals surface area (Å²) in [6.45, 7) is 5.59. The SMILES string of the molecule is Cc1c(O)cccc1C(=O)N1CCC(C)C1. The molecule has 1 aliphatic heterocycles. The summed E-state index contributed by atoms with van der Waals surface area (Å²) in [6.07, 6.45) is 1.07. The van der Waals surface area contributed by atoms with Gasteiger partial charge in [-0.1, -0.05) is 13.0 Å². The van der Waals surface area contributed by atoms with E-state index in [4.69, 9.17) is 0 Å². The van der Waals surface area contributed by atoms with E-state index in [0.29, 0.717) is 17.0 Å². The molecule has 0 saturated carbocycles. The molecule has 3 nitrogen and oxygen atoms in total. The average molecular weight is 219 g/mol. The predicted molar refractivity (Wildman–Crippen MR) is 62.5 cm³/mol. The molecule has 1 aromatic carbocycles. The van der Waals surface area contributed by atoms with Crippen molar-refractivity contribution in [3.05, 3.63) is 29.3 Å². The van der Waals surface area contributed by atoms with Gasteiger partial charge in [0, 0.05) is 24.2 Å². The largest absolute Gasteiger partial charge is 0.508 e. The highest BCUT2D eigenvalue weighted by atomic mass is 16.3. The monoisotopic (exact) mass is 219 g/mol. The summed E-state index contributed by atoms with van der Waals surface area (Å²) in [7, 11) is 0. The second kappa shape index (κ2) is 4.16. The number of phenols is 1. The molecule has 1 unspecified atom stereocenters. The molecular formula is C13H17NO2. The maximum absolute atomic E-state index is 12.2. The summed E-state index contributed by atoms with van der Waals surface area (Å²) >= 11 is 0. The minimum Gasteiger partial charge on any atom is -0.508 e. The van der Waals surface area contributed by atoms with E-state index in [9.17, 15) is 9.90 Å². The molecule has 86 valence electrons. The van der Waals surface area contributed by atoms with Crippen LogP contribution in [0.15, 0.2) is 18.2 Å². The number of hydrogen-bond donors (Lipinski definition) is 1. The molecule has 1 fully saturated rings. The van der Waals surface area contributed by atoms with Crippen LogP contribution in [-0.4, -0.2) is 29.0 Å². The number of phenolic OH excluding ortho intramolecular Hbond substituents is 1. The maximum atomic E-state index is 12.2. The highest BCUT2D eigenvalue weighted by Crippen LogP contribution is 2.23. The van der Waals surface area contributed by atoms with Gasteiger partial charge in [-0.15, -0.1) is 0 Å². The van der Waals surface area contributed by atoms with E-state index < -0.39 is 0 Å². The fourth-order valence-electron chi connectivity index (χ4n) is 2.14. The Hall–Kier alpha value is -1.51. The molecule has 1 N–H and O–H groups in total. The Labute approximate surface area is 95.7 Å². The quantitative estimate of drug-likeness (QED) is 0.786. The molecule has 1 aromatic rings. The standard InChI is InChI=1S/C13H17NO2/c1-9-6-7-14(8-9)13(16)11-4-3-5-12(15)10(11)2/h3-5,9,15H,6-8H2,1-2H3. The van der Waals surface area contributed by atoms with Gasteiger partial charge in [0.1, 0.15) is 5.75 Å². The predicted octanol–water partition coefficient (Wildman–Crippen LogP) is 2.18. The molecule has 2 rings (SSSR count). The van der Waals surface area contributed by atoms with Crippen molar-refractivity contribution in [3.63, 3.8) is 0 Å². The topological polar surface area (TPSA) is 40.5 Å². The molecule has 3 heteroatoms. The summed E-state index contributed by atoms with van der Waals surface area (Å²) in [5, 5.41) is 9.57. The van der Waals surface area contributed by atoms with Crippen LogP contribution >= 0.6 is 0 Å². The molecule has 1 amide bonds. The second-order valence-corrected chi connectivity index (χ2v) is 4.59. The minimum absolute atomic E-state index is 0.0396. The Balaban J connectivity index is 2.24.